The van der Waals surface area contributed by atoms with E-state index in [4.69, 9.17) is 0 Å². The highest BCUT2D eigenvalue weighted by atomic mass is 16.2. The summed E-state index contributed by atoms with van der Waals surface area (Å²) in [5.41, 5.74) is 4.09. The van der Waals surface area contributed by atoms with Crippen molar-refractivity contribution in [3.63, 3.8) is 0 Å². The fourth-order valence-corrected chi connectivity index (χ4v) is 7.20. The highest BCUT2D eigenvalue weighted by molar-refractivity contribution is 5.75. The van der Waals surface area contributed by atoms with Gasteiger partial charge in [-0.2, -0.15) is 0 Å². The lowest BCUT2D eigenvalue weighted by atomic mass is 9.48. The van der Waals surface area contributed by atoms with Gasteiger partial charge in [0.15, 0.2) is 0 Å². The smallest absolute Gasteiger partial charge is 0.234 e. The Labute approximate surface area is 153 Å². The minimum absolute atomic E-state index is 0.189. The number of hydrogen-bond acceptors (Lipinski definition) is 2. The van der Waals surface area contributed by atoms with Crippen LogP contribution in [0.15, 0.2) is 12.2 Å². The first-order valence-corrected chi connectivity index (χ1v) is 10.7. The standard InChI is InChI=1S/C22H36N2O/c1-4-7-20(25)23-24-15-6-13-22(3)18-11-14-21(2)12-5-8-17(21)16(18)9-10-19(22)24/h6,13,16-19H,4-5,7-12,14-15H2,1-3H3,(H,23,25)/t16-,17-,18+,19?,21-,22+/m0/s1. The van der Waals surface area contributed by atoms with Crippen LogP contribution in [-0.4, -0.2) is 23.5 Å². The van der Waals surface area contributed by atoms with Crippen LogP contribution in [0, 0.1) is 28.6 Å². The minimum Gasteiger partial charge on any atom is -0.288 e. The second-order valence-corrected chi connectivity index (χ2v) is 9.76. The summed E-state index contributed by atoms with van der Waals surface area (Å²) in [6.07, 6.45) is 16.1. The van der Waals surface area contributed by atoms with Crippen LogP contribution in [0.1, 0.15) is 78.6 Å². The largest absolute Gasteiger partial charge is 0.288 e. The van der Waals surface area contributed by atoms with Crippen molar-refractivity contribution in [2.24, 2.45) is 28.6 Å². The Kier molecular flexibility index (Phi) is 4.50. The topological polar surface area (TPSA) is 32.3 Å². The molecular weight excluding hydrogens is 308 g/mol. The summed E-state index contributed by atoms with van der Waals surface area (Å²) in [6.45, 7) is 8.00. The average Bonchev–Trinajstić information content (AvgIpc) is 2.96. The molecule has 140 valence electrons. The van der Waals surface area contributed by atoms with Gasteiger partial charge in [-0.25, -0.2) is 5.01 Å². The van der Waals surface area contributed by atoms with Crippen LogP contribution in [0.4, 0.5) is 0 Å². The van der Waals surface area contributed by atoms with E-state index in [9.17, 15) is 4.79 Å². The zero-order valence-corrected chi connectivity index (χ0v) is 16.4. The molecule has 0 spiro atoms. The van der Waals surface area contributed by atoms with Crippen molar-refractivity contribution >= 4 is 5.91 Å². The Morgan fingerprint density at radius 1 is 1.16 bits per heavy atom. The average molecular weight is 345 g/mol. The van der Waals surface area contributed by atoms with E-state index in [2.05, 4.69) is 43.4 Å². The third kappa shape index (κ3) is 2.78. The quantitative estimate of drug-likeness (QED) is 0.753. The van der Waals surface area contributed by atoms with Gasteiger partial charge < -0.3 is 0 Å². The van der Waals surface area contributed by atoms with Crippen LogP contribution >= 0.6 is 0 Å². The Balaban J connectivity index is 1.56. The van der Waals surface area contributed by atoms with E-state index in [1.807, 2.05) is 0 Å². The molecule has 3 saturated carbocycles. The molecule has 0 aromatic carbocycles. The number of hydrazine groups is 1. The van der Waals surface area contributed by atoms with Gasteiger partial charge in [0.2, 0.25) is 5.91 Å². The molecule has 3 fully saturated rings. The Bertz CT molecular complexity index is 558. The maximum absolute atomic E-state index is 12.2. The lowest BCUT2D eigenvalue weighted by molar-refractivity contribution is -0.133. The molecule has 3 aliphatic carbocycles. The number of carbonyl (C=O) groups is 1. The van der Waals surface area contributed by atoms with Crippen molar-refractivity contribution < 1.29 is 4.79 Å². The van der Waals surface area contributed by atoms with Crippen molar-refractivity contribution in [3.8, 4) is 0 Å². The van der Waals surface area contributed by atoms with E-state index < -0.39 is 0 Å². The summed E-state index contributed by atoms with van der Waals surface area (Å²) in [6, 6.07) is 0.477. The van der Waals surface area contributed by atoms with Crippen LogP contribution in [-0.2, 0) is 4.79 Å². The summed E-state index contributed by atoms with van der Waals surface area (Å²) in [4.78, 5) is 12.2. The van der Waals surface area contributed by atoms with Crippen LogP contribution in [0.25, 0.3) is 0 Å². The fourth-order valence-electron chi connectivity index (χ4n) is 7.20. The van der Waals surface area contributed by atoms with Gasteiger partial charge in [0, 0.05) is 24.4 Å². The van der Waals surface area contributed by atoms with Gasteiger partial charge in [-0.3, -0.25) is 10.2 Å². The van der Waals surface area contributed by atoms with Crippen molar-refractivity contribution in [1.82, 2.24) is 10.4 Å². The molecular formula is C22H36N2O. The lowest BCUT2D eigenvalue weighted by Gasteiger charge is -2.60. The third-order valence-electron chi connectivity index (χ3n) is 8.41. The predicted octanol–water partition coefficient (Wildman–Crippen LogP) is 4.69. The zero-order chi connectivity index (χ0) is 17.7. The van der Waals surface area contributed by atoms with Gasteiger partial charge in [0.1, 0.15) is 0 Å². The fraction of sp³-hybridized carbons (Fsp3) is 0.864. The first kappa shape index (κ1) is 17.6. The van der Waals surface area contributed by atoms with Gasteiger partial charge in [-0.05, 0) is 68.1 Å². The van der Waals surface area contributed by atoms with E-state index in [1.54, 1.807) is 0 Å². The SMILES string of the molecule is CCCC(=O)NN1CC=C[C@@]2(C)C1CC[C@@H]1[C@H]2CC[C@]2(C)CCC[C@@H]12. The molecule has 0 bridgehead atoms. The van der Waals surface area contributed by atoms with E-state index in [0.717, 1.165) is 30.7 Å². The number of rotatable bonds is 3. The second-order valence-electron chi connectivity index (χ2n) is 9.76. The summed E-state index contributed by atoms with van der Waals surface area (Å²) >= 11 is 0. The molecule has 6 atom stereocenters. The lowest BCUT2D eigenvalue weighted by Crippen LogP contribution is -2.62. The molecule has 4 aliphatic rings. The van der Waals surface area contributed by atoms with Crippen LogP contribution < -0.4 is 5.43 Å². The molecule has 1 unspecified atom stereocenters. The molecule has 0 saturated heterocycles. The summed E-state index contributed by atoms with van der Waals surface area (Å²) in [7, 11) is 0. The van der Waals surface area contributed by atoms with Crippen LogP contribution in [0.2, 0.25) is 0 Å². The molecule has 3 heteroatoms. The van der Waals surface area contributed by atoms with E-state index in [0.29, 0.717) is 17.9 Å². The normalized spacial score (nSPS) is 46.2. The van der Waals surface area contributed by atoms with Crippen LogP contribution in [0.3, 0.4) is 0 Å². The Morgan fingerprint density at radius 3 is 2.80 bits per heavy atom. The first-order valence-electron chi connectivity index (χ1n) is 10.7. The third-order valence-corrected chi connectivity index (χ3v) is 8.41. The number of hydrogen-bond donors (Lipinski definition) is 1. The molecule has 0 aromatic rings. The van der Waals surface area contributed by atoms with E-state index in [1.165, 1.54) is 44.9 Å². The van der Waals surface area contributed by atoms with Crippen LogP contribution in [0.5, 0.6) is 0 Å². The minimum atomic E-state index is 0.189. The van der Waals surface area contributed by atoms with Gasteiger partial charge in [0.25, 0.3) is 0 Å². The number of amides is 1. The maximum atomic E-state index is 12.2. The Hall–Kier alpha value is -0.830. The molecule has 1 N–H and O–H groups in total. The van der Waals surface area contributed by atoms with Gasteiger partial charge in [-0.1, -0.05) is 39.3 Å². The van der Waals surface area contributed by atoms with Crippen molar-refractivity contribution in [3.05, 3.63) is 12.2 Å². The Morgan fingerprint density at radius 2 is 2.00 bits per heavy atom. The molecule has 1 aliphatic heterocycles. The molecule has 0 radical (unpaired) electrons. The predicted molar refractivity (Wildman–Crippen MR) is 102 cm³/mol. The number of carbonyl (C=O) groups excluding carboxylic acids is 1. The number of nitrogens with zero attached hydrogens (tertiary/aromatic N) is 1. The summed E-state index contributed by atoms with van der Waals surface area (Å²) in [5, 5.41) is 2.27. The molecule has 3 nitrogen and oxygen atoms in total. The number of fused-ring (bicyclic) bond motifs is 5. The highest BCUT2D eigenvalue weighted by Gasteiger charge is 2.57. The van der Waals surface area contributed by atoms with E-state index >= 15 is 0 Å². The highest BCUT2D eigenvalue weighted by Crippen LogP contribution is 2.63. The molecule has 25 heavy (non-hydrogen) atoms. The molecule has 1 heterocycles. The maximum Gasteiger partial charge on any atom is 0.234 e. The molecule has 1 amide bonds. The summed E-state index contributed by atoms with van der Waals surface area (Å²) in [5.74, 6) is 2.83. The van der Waals surface area contributed by atoms with Crippen molar-refractivity contribution in [2.45, 2.75) is 84.6 Å². The monoisotopic (exact) mass is 344 g/mol. The van der Waals surface area contributed by atoms with Crippen molar-refractivity contribution in [2.75, 3.05) is 6.54 Å². The molecule has 4 rings (SSSR count). The van der Waals surface area contributed by atoms with Gasteiger partial charge in [0.05, 0.1) is 0 Å². The van der Waals surface area contributed by atoms with Crippen molar-refractivity contribution in [1.29, 1.82) is 0 Å². The van der Waals surface area contributed by atoms with E-state index in [-0.39, 0.29) is 11.3 Å². The number of nitrogens with one attached hydrogen (secondary N) is 1. The van der Waals surface area contributed by atoms with Gasteiger partial charge in [-0.15, -0.1) is 0 Å². The first-order chi connectivity index (χ1) is 12.0. The zero-order valence-electron chi connectivity index (χ0n) is 16.4. The molecule has 0 aromatic heterocycles. The van der Waals surface area contributed by atoms with Gasteiger partial charge >= 0.3 is 0 Å². The second kappa shape index (κ2) is 6.40. The summed E-state index contributed by atoms with van der Waals surface area (Å²) < 4.78 is 0.